The Balaban J connectivity index is 1.85. The molecular weight excluding hydrogens is 290 g/mol. The first-order chi connectivity index (χ1) is 11.2. The Morgan fingerprint density at radius 2 is 2.22 bits per heavy atom. The number of guanidine groups is 1. The molecule has 126 valence electrons. The van der Waals surface area contributed by atoms with Crippen molar-refractivity contribution in [2.75, 3.05) is 26.8 Å². The number of imidazole rings is 1. The summed E-state index contributed by atoms with van der Waals surface area (Å²) in [7, 11) is 1.71. The van der Waals surface area contributed by atoms with Crippen LogP contribution in [0, 0.1) is 0 Å². The van der Waals surface area contributed by atoms with Crippen molar-refractivity contribution in [1.29, 1.82) is 0 Å². The molecule has 2 aromatic rings. The van der Waals surface area contributed by atoms with E-state index in [0.29, 0.717) is 6.61 Å². The van der Waals surface area contributed by atoms with Crippen molar-refractivity contribution in [3.05, 3.63) is 30.6 Å². The van der Waals surface area contributed by atoms with E-state index in [-0.39, 0.29) is 6.04 Å². The third-order valence-electron chi connectivity index (χ3n) is 3.50. The number of ether oxygens (including phenoxy) is 1. The van der Waals surface area contributed by atoms with Gasteiger partial charge in [0, 0.05) is 32.8 Å². The summed E-state index contributed by atoms with van der Waals surface area (Å²) in [4.78, 5) is 9.03. The van der Waals surface area contributed by atoms with E-state index in [4.69, 9.17) is 4.74 Å². The minimum Gasteiger partial charge on any atom is -0.383 e. The maximum Gasteiger partial charge on any atom is 0.191 e. The lowest BCUT2D eigenvalue weighted by atomic mass is 10.3. The number of hydrogen-bond acceptors (Lipinski definition) is 3. The normalized spacial score (nSPS) is 13.3. The van der Waals surface area contributed by atoms with Crippen LogP contribution in [-0.2, 0) is 11.3 Å². The molecule has 6 heteroatoms. The first kappa shape index (κ1) is 17.3. The van der Waals surface area contributed by atoms with Crippen LogP contribution in [0.3, 0.4) is 0 Å². The lowest BCUT2D eigenvalue weighted by Crippen LogP contribution is -2.44. The molecular formula is C17H27N5O. The van der Waals surface area contributed by atoms with Crippen molar-refractivity contribution in [2.45, 2.75) is 32.9 Å². The summed E-state index contributed by atoms with van der Waals surface area (Å²) in [6.45, 7) is 7.32. The number of methoxy groups -OCH3 is 1. The number of fused-ring (bicyclic) bond motifs is 1. The summed E-state index contributed by atoms with van der Waals surface area (Å²) in [5, 5.41) is 6.60. The Morgan fingerprint density at radius 1 is 1.39 bits per heavy atom. The van der Waals surface area contributed by atoms with Gasteiger partial charge < -0.3 is 19.9 Å². The molecule has 0 spiro atoms. The molecule has 2 rings (SSSR count). The summed E-state index contributed by atoms with van der Waals surface area (Å²) >= 11 is 0. The van der Waals surface area contributed by atoms with Gasteiger partial charge in [0.1, 0.15) is 0 Å². The largest absolute Gasteiger partial charge is 0.383 e. The SMILES string of the molecule is CCNC(=NCCCn1cnc2ccccc21)NC(C)COC. The molecule has 0 saturated carbocycles. The number of aryl methyl sites for hydroxylation is 1. The lowest BCUT2D eigenvalue weighted by molar-refractivity contribution is 0.179. The van der Waals surface area contributed by atoms with Crippen molar-refractivity contribution < 1.29 is 4.74 Å². The summed E-state index contributed by atoms with van der Waals surface area (Å²) in [5.74, 6) is 0.840. The third kappa shape index (κ3) is 5.25. The number of nitrogens with zero attached hydrogens (tertiary/aromatic N) is 3. The quantitative estimate of drug-likeness (QED) is 0.444. The predicted molar refractivity (Wildman–Crippen MR) is 94.8 cm³/mol. The molecule has 0 aliphatic carbocycles. The zero-order chi connectivity index (χ0) is 16.5. The molecule has 0 bridgehead atoms. The summed E-state index contributed by atoms with van der Waals surface area (Å²) in [6.07, 6.45) is 2.87. The van der Waals surface area contributed by atoms with Crippen LogP contribution in [0.1, 0.15) is 20.3 Å². The number of aliphatic imine (C=N–C) groups is 1. The van der Waals surface area contributed by atoms with Gasteiger partial charge in [-0.1, -0.05) is 12.1 Å². The Bertz CT molecular complexity index is 622. The van der Waals surface area contributed by atoms with Gasteiger partial charge in [-0.2, -0.15) is 0 Å². The Hall–Kier alpha value is -2.08. The first-order valence-electron chi connectivity index (χ1n) is 8.18. The van der Waals surface area contributed by atoms with Gasteiger partial charge in [-0.25, -0.2) is 4.98 Å². The molecule has 0 saturated heterocycles. The molecule has 1 atom stereocenters. The van der Waals surface area contributed by atoms with E-state index in [9.17, 15) is 0 Å². The molecule has 1 heterocycles. The second-order valence-electron chi connectivity index (χ2n) is 5.54. The standard InChI is InChI=1S/C17H27N5O/c1-4-18-17(21-14(2)12-23-3)19-10-7-11-22-13-20-15-8-5-6-9-16(15)22/h5-6,8-9,13-14H,4,7,10-12H2,1-3H3,(H2,18,19,21). The number of hydrogen-bond donors (Lipinski definition) is 2. The van der Waals surface area contributed by atoms with E-state index in [1.807, 2.05) is 24.5 Å². The third-order valence-corrected chi connectivity index (χ3v) is 3.50. The summed E-state index contributed by atoms with van der Waals surface area (Å²) in [6, 6.07) is 8.43. The maximum absolute atomic E-state index is 5.14. The Morgan fingerprint density at radius 3 is 3.00 bits per heavy atom. The smallest absolute Gasteiger partial charge is 0.191 e. The Labute approximate surface area is 138 Å². The molecule has 6 nitrogen and oxygen atoms in total. The molecule has 1 aromatic heterocycles. The van der Waals surface area contributed by atoms with Crippen LogP contribution < -0.4 is 10.6 Å². The van der Waals surface area contributed by atoms with Crippen LogP contribution >= 0.6 is 0 Å². The van der Waals surface area contributed by atoms with Gasteiger partial charge in [-0.3, -0.25) is 4.99 Å². The van der Waals surface area contributed by atoms with Gasteiger partial charge in [0.25, 0.3) is 0 Å². The predicted octanol–water partition coefficient (Wildman–Crippen LogP) is 2.02. The van der Waals surface area contributed by atoms with Gasteiger partial charge in [0.2, 0.25) is 0 Å². The van der Waals surface area contributed by atoms with E-state index in [0.717, 1.165) is 37.5 Å². The average Bonchev–Trinajstić information content (AvgIpc) is 2.95. The number of aromatic nitrogens is 2. The topological polar surface area (TPSA) is 63.5 Å². The second kappa shape index (κ2) is 9.15. The van der Waals surface area contributed by atoms with Gasteiger partial charge in [0.15, 0.2) is 5.96 Å². The minimum absolute atomic E-state index is 0.232. The van der Waals surface area contributed by atoms with Crippen LogP contribution in [-0.4, -0.2) is 48.4 Å². The van der Waals surface area contributed by atoms with Crippen LogP contribution in [0.15, 0.2) is 35.6 Å². The number of nitrogens with one attached hydrogen (secondary N) is 2. The number of benzene rings is 1. The van der Waals surface area contributed by atoms with Crippen LogP contribution in [0.5, 0.6) is 0 Å². The summed E-state index contributed by atoms with van der Waals surface area (Å²) in [5.41, 5.74) is 2.22. The lowest BCUT2D eigenvalue weighted by Gasteiger charge is -2.17. The van der Waals surface area contributed by atoms with Crippen molar-refractivity contribution >= 4 is 17.0 Å². The van der Waals surface area contributed by atoms with Crippen molar-refractivity contribution in [2.24, 2.45) is 4.99 Å². The van der Waals surface area contributed by atoms with E-state index in [1.165, 1.54) is 5.52 Å². The summed E-state index contributed by atoms with van der Waals surface area (Å²) < 4.78 is 7.32. The number of rotatable bonds is 8. The van der Waals surface area contributed by atoms with Crippen molar-refractivity contribution in [3.8, 4) is 0 Å². The average molecular weight is 317 g/mol. The molecule has 0 amide bonds. The van der Waals surface area contributed by atoms with Crippen molar-refractivity contribution in [3.63, 3.8) is 0 Å². The van der Waals surface area contributed by atoms with Gasteiger partial charge in [-0.15, -0.1) is 0 Å². The van der Waals surface area contributed by atoms with E-state index >= 15 is 0 Å². The van der Waals surface area contributed by atoms with E-state index in [2.05, 4.69) is 45.1 Å². The fourth-order valence-corrected chi connectivity index (χ4v) is 2.47. The molecule has 1 aromatic carbocycles. The van der Waals surface area contributed by atoms with Gasteiger partial charge >= 0.3 is 0 Å². The zero-order valence-electron chi connectivity index (χ0n) is 14.2. The minimum atomic E-state index is 0.232. The van der Waals surface area contributed by atoms with Gasteiger partial charge in [0.05, 0.1) is 24.0 Å². The molecule has 2 N–H and O–H groups in total. The first-order valence-corrected chi connectivity index (χ1v) is 8.18. The molecule has 0 fully saturated rings. The maximum atomic E-state index is 5.14. The van der Waals surface area contributed by atoms with E-state index < -0.39 is 0 Å². The molecule has 0 aliphatic rings. The second-order valence-corrected chi connectivity index (χ2v) is 5.54. The molecule has 23 heavy (non-hydrogen) atoms. The molecule has 0 radical (unpaired) electrons. The highest BCUT2D eigenvalue weighted by Crippen LogP contribution is 2.11. The fourth-order valence-electron chi connectivity index (χ4n) is 2.47. The fraction of sp³-hybridized carbons (Fsp3) is 0.529. The number of para-hydroxylation sites is 2. The highest BCUT2D eigenvalue weighted by atomic mass is 16.5. The Kier molecular flexibility index (Phi) is 6.87. The zero-order valence-corrected chi connectivity index (χ0v) is 14.2. The highest BCUT2D eigenvalue weighted by Gasteiger charge is 2.04. The highest BCUT2D eigenvalue weighted by molar-refractivity contribution is 5.80. The van der Waals surface area contributed by atoms with Crippen molar-refractivity contribution in [1.82, 2.24) is 20.2 Å². The van der Waals surface area contributed by atoms with Crippen LogP contribution in [0.2, 0.25) is 0 Å². The van der Waals surface area contributed by atoms with E-state index in [1.54, 1.807) is 7.11 Å². The molecule has 0 aliphatic heterocycles. The van der Waals surface area contributed by atoms with Crippen LogP contribution in [0.4, 0.5) is 0 Å². The molecule has 1 unspecified atom stereocenters. The van der Waals surface area contributed by atoms with Crippen LogP contribution in [0.25, 0.3) is 11.0 Å². The monoisotopic (exact) mass is 317 g/mol. The van der Waals surface area contributed by atoms with Gasteiger partial charge in [-0.05, 0) is 32.4 Å².